The maximum Gasteiger partial charge on any atom is 0.213 e. The van der Waals surface area contributed by atoms with Crippen molar-refractivity contribution in [1.29, 1.82) is 0 Å². The molecule has 0 saturated carbocycles. The van der Waals surface area contributed by atoms with Crippen LogP contribution >= 0.6 is 0 Å². The SMILES string of the molecule is CCCCCCOc1cccc(CNCCC)n1. The molecule has 0 aliphatic heterocycles. The third-order valence-corrected chi connectivity index (χ3v) is 2.76. The van der Waals surface area contributed by atoms with Crippen molar-refractivity contribution in [3.05, 3.63) is 23.9 Å². The van der Waals surface area contributed by atoms with Crippen molar-refractivity contribution in [2.75, 3.05) is 13.2 Å². The predicted octanol–water partition coefficient (Wildman–Crippen LogP) is 3.54. The van der Waals surface area contributed by atoms with Crippen molar-refractivity contribution in [2.24, 2.45) is 0 Å². The molecule has 0 atom stereocenters. The summed E-state index contributed by atoms with van der Waals surface area (Å²) in [5.41, 5.74) is 1.05. The van der Waals surface area contributed by atoms with E-state index in [-0.39, 0.29) is 0 Å². The Morgan fingerprint density at radius 3 is 2.78 bits per heavy atom. The van der Waals surface area contributed by atoms with Crippen LogP contribution in [0.2, 0.25) is 0 Å². The fourth-order valence-electron chi connectivity index (χ4n) is 1.74. The van der Waals surface area contributed by atoms with Gasteiger partial charge < -0.3 is 10.1 Å². The molecule has 18 heavy (non-hydrogen) atoms. The van der Waals surface area contributed by atoms with Crippen molar-refractivity contribution >= 4 is 0 Å². The summed E-state index contributed by atoms with van der Waals surface area (Å²) in [5.74, 6) is 0.752. The van der Waals surface area contributed by atoms with E-state index >= 15 is 0 Å². The minimum Gasteiger partial charge on any atom is -0.478 e. The Morgan fingerprint density at radius 1 is 1.11 bits per heavy atom. The van der Waals surface area contributed by atoms with E-state index in [1.54, 1.807) is 0 Å². The fraction of sp³-hybridized carbons (Fsp3) is 0.667. The lowest BCUT2D eigenvalue weighted by Crippen LogP contribution is -2.15. The van der Waals surface area contributed by atoms with Gasteiger partial charge >= 0.3 is 0 Å². The first kappa shape index (κ1) is 15.0. The van der Waals surface area contributed by atoms with Crippen LogP contribution in [0.4, 0.5) is 0 Å². The van der Waals surface area contributed by atoms with E-state index in [2.05, 4.69) is 24.1 Å². The first-order valence-electron chi connectivity index (χ1n) is 7.16. The summed E-state index contributed by atoms with van der Waals surface area (Å²) in [4.78, 5) is 4.48. The fourth-order valence-corrected chi connectivity index (χ4v) is 1.74. The van der Waals surface area contributed by atoms with Crippen molar-refractivity contribution in [3.8, 4) is 5.88 Å². The van der Waals surface area contributed by atoms with E-state index in [9.17, 15) is 0 Å². The zero-order chi connectivity index (χ0) is 13.1. The molecular weight excluding hydrogens is 224 g/mol. The number of ether oxygens (including phenoxy) is 1. The van der Waals surface area contributed by atoms with Crippen molar-refractivity contribution in [3.63, 3.8) is 0 Å². The Labute approximate surface area is 111 Å². The zero-order valence-corrected chi connectivity index (χ0v) is 11.7. The lowest BCUT2D eigenvalue weighted by molar-refractivity contribution is 0.293. The molecule has 0 amide bonds. The van der Waals surface area contributed by atoms with Crippen LogP contribution < -0.4 is 10.1 Å². The molecule has 0 aliphatic rings. The normalized spacial score (nSPS) is 10.6. The lowest BCUT2D eigenvalue weighted by atomic mass is 10.2. The Bertz CT molecular complexity index is 315. The first-order chi connectivity index (χ1) is 8.86. The highest BCUT2D eigenvalue weighted by atomic mass is 16.5. The molecule has 0 bridgehead atoms. The van der Waals surface area contributed by atoms with Gasteiger partial charge in [0.2, 0.25) is 5.88 Å². The first-order valence-corrected chi connectivity index (χ1v) is 7.16. The van der Waals surface area contributed by atoms with Gasteiger partial charge in [-0.05, 0) is 25.5 Å². The molecule has 0 radical (unpaired) electrons. The predicted molar refractivity (Wildman–Crippen MR) is 75.9 cm³/mol. The monoisotopic (exact) mass is 250 g/mol. The summed E-state index contributed by atoms with van der Waals surface area (Å²) in [6, 6.07) is 5.98. The molecule has 0 spiro atoms. The molecule has 1 heterocycles. The molecule has 0 aromatic carbocycles. The highest BCUT2D eigenvalue weighted by Crippen LogP contribution is 2.09. The van der Waals surface area contributed by atoms with Crippen LogP contribution in [-0.4, -0.2) is 18.1 Å². The quantitative estimate of drug-likeness (QED) is 0.645. The average molecular weight is 250 g/mol. The largest absolute Gasteiger partial charge is 0.478 e. The molecule has 0 fully saturated rings. The van der Waals surface area contributed by atoms with Gasteiger partial charge in [0.15, 0.2) is 0 Å². The molecule has 1 N–H and O–H groups in total. The van der Waals surface area contributed by atoms with E-state index in [0.717, 1.165) is 44.1 Å². The van der Waals surface area contributed by atoms with Gasteiger partial charge in [0.25, 0.3) is 0 Å². The smallest absolute Gasteiger partial charge is 0.213 e. The molecule has 3 heteroatoms. The van der Waals surface area contributed by atoms with Crippen molar-refractivity contribution in [1.82, 2.24) is 10.3 Å². The van der Waals surface area contributed by atoms with Crippen LogP contribution in [0.3, 0.4) is 0 Å². The molecule has 1 aromatic heterocycles. The topological polar surface area (TPSA) is 34.1 Å². The van der Waals surface area contributed by atoms with Gasteiger partial charge in [0, 0.05) is 12.6 Å². The molecule has 0 saturated heterocycles. The van der Waals surface area contributed by atoms with Crippen LogP contribution in [-0.2, 0) is 6.54 Å². The van der Waals surface area contributed by atoms with Crippen LogP contribution in [0.1, 0.15) is 51.6 Å². The minimum atomic E-state index is 0.752. The minimum absolute atomic E-state index is 0.752. The second kappa shape index (κ2) is 9.89. The molecule has 0 unspecified atom stereocenters. The van der Waals surface area contributed by atoms with E-state index in [1.165, 1.54) is 19.3 Å². The number of rotatable bonds is 10. The van der Waals surface area contributed by atoms with Gasteiger partial charge in [-0.2, -0.15) is 0 Å². The number of aromatic nitrogens is 1. The number of nitrogens with one attached hydrogen (secondary N) is 1. The van der Waals surface area contributed by atoms with E-state index < -0.39 is 0 Å². The standard InChI is InChI=1S/C15H26N2O/c1-3-5-6-7-12-18-15-10-8-9-14(17-15)13-16-11-4-2/h8-10,16H,3-7,11-13H2,1-2H3. The van der Waals surface area contributed by atoms with Crippen LogP contribution in [0.25, 0.3) is 0 Å². The number of pyridine rings is 1. The molecule has 102 valence electrons. The van der Waals surface area contributed by atoms with Crippen molar-refractivity contribution in [2.45, 2.75) is 52.5 Å². The molecule has 3 nitrogen and oxygen atoms in total. The van der Waals surface area contributed by atoms with E-state index in [0.29, 0.717) is 0 Å². The molecular formula is C15H26N2O. The summed E-state index contributed by atoms with van der Waals surface area (Å²) in [6.07, 6.45) is 6.06. The summed E-state index contributed by atoms with van der Waals surface area (Å²) >= 11 is 0. The van der Waals surface area contributed by atoms with Gasteiger partial charge in [-0.15, -0.1) is 0 Å². The summed E-state index contributed by atoms with van der Waals surface area (Å²) in [7, 11) is 0. The lowest BCUT2D eigenvalue weighted by Gasteiger charge is -2.07. The molecule has 0 aliphatic carbocycles. The van der Waals surface area contributed by atoms with Gasteiger partial charge in [0.1, 0.15) is 0 Å². The maximum absolute atomic E-state index is 5.66. The maximum atomic E-state index is 5.66. The number of nitrogens with zero attached hydrogens (tertiary/aromatic N) is 1. The third-order valence-electron chi connectivity index (χ3n) is 2.76. The van der Waals surface area contributed by atoms with Crippen molar-refractivity contribution < 1.29 is 4.74 Å². The zero-order valence-electron chi connectivity index (χ0n) is 11.7. The Kier molecular flexibility index (Phi) is 8.23. The number of hydrogen-bond donors (Lipinski definition) is 1. The van der Waals surface area contributed by atoms with E-state index in [4.69, 9.17) is 4.74 Å². The second-order valence-electron chi connectivity index (χ2n) is 4.55. The van der Waals surface area contributed by atoms with Gasteiger partial charge in [-0.3, -0.25) is 0 Å². The highest BCUT2D eigenvalue weighted by molar-refractivity contribution is 5.15. The molecule has 1 aromatic rings. The van der Waals surface area contributed by atoms with Crippen LogP contribution in [0.15, 0.2) is 18.2 Å². The summed E-state index contributed by atoms with van der Waals surface area (Å²) < 4.78 is 5.66. The third kappa shape index (κ3) is 6.60. The average Bonchev–Trinajstić information content (AvgIpc) is 2.39. The van der Waals surface area contributed by atoms with Gasteiger partial charge in [-0.25, -0.2) is 4.98 Å². The summed E-state index contributed by atoms with van der Waals surface area (Å²) in [5, 5.41) is 3.34. The molecule has 1 rings (SSSR count). The number of unbranched alkanes of at least 4 members (excludes halogenated alkanes) is 3. The Balaban J connectivity index is 2.26. The van der Waals surface area contributed by atoms with Crippen LogP contribution in [0.5, 0.6) is 5.88 Å². The highest BCUT2D eigenvalue weighted by Gasteiger charge is 1.98. The Morgan fingerprint density at radius 2 is 2.00 bits per heavy atom. The number of hydrogen-bond acceptors (Lipinski definition) is 3. The van der Waals surface area contributed by atoms with Gasteiger partial charge in [0.05, 0.1) is 12.3 Å². The van der Waals surface area contributed by atoms with Gasteiger partial charge in [-0.1, -0.05) is 39.2 Å². The second-order valence-corrected chi connectivity index (χ2v) is 4.55. The van der Waals surface area contributed by atoms with E-state index in [1.807, 2.05) is 18.2 Å². The summed E-state index contributed by atoms with van der Waals surface area (Å²) in [6.45, 7) is 7.01. The Hall–Kier alpha value is -1.09. The van der Waals surface area contributed by atoms with Crippen LogP contribution in [0, 0.1) is 0 Å².